The second-order valence-electron chi connectivity index (χ2n) is 18.3. The first-order valence-corrected chi connectivity index (χ1v) is 24.3. The van der Waals surface area contributed by atoms with Gasteiger partial charge in [0, 0.05) is 60.5 Å². The Bertz CT molecular complexity index is 4340. The van der Waals surface area contributed by atoms with Crippen LogP contribution in [0.25, 0.3) is 123 Å². The molecule has 8 aromatic carbocycles. The smallest absolute Gasteiger partial charge is 0.164 e. The van der Waals surface area contributed by atoms with E-state index < -0.39 is 0 Å². The average molecular weight is 955 g/mol. The molecule has 0 unspecified atom stereocenters. The van der Waals surface area contributed by atoms with E-state index in [0.29, 0.717) is 58.0 Å². The number of hydrogen-bond acceptors (Lipinski definition) is 10. The van der Waals surface area contributed by atoms with Gasteiger partial charge < -0.3 is 9.13 Å². The van der Waals surface area contributed by atoms with Crippen molar-refractivity contribution in [1.82, 2.24) is 54.0 Å². The number of aryl methyl sites for hydroxylation is 4. The zero-order valence-electron chi connectivity index (χ0n) is 40.7. The first kappa shape index (κ1) is 43.9. The number of nitrogens with zero attached hydrogens (tertiary/aromatic N) is 12. The minimum Gasteiger partial charge on any atom is -0.309 e. The van der Waals surface area contributed by atoms with E-state index in [2.05, 4.69) is 134 Å². The summed E-state index contributed by atoms with van der Waals surface area (Å²) in [5.74, 6) is 5.46. The highest BCUT2D eigenvalue weighted by Crippen LogP contribution is 2.44. The predicted octanol–water partition coefficient (Wildman–Crippen LogP) is 13.5. The highest BCUT2D eigenvalue weighted by atomic mass is 15.1. The summed E-state index contributed by atoms with van der Waals surface area (Å²) in [7, 11) is 0. The third kappa shape index (κ3) is 7.50. The average Bonchev–Trinajstić information content (AvgIpc) is 3.94. The van der Waals surface area contributed by atoms with Gasteiger partial charge in [-0.2, -0.15) is 5.26 Å². The molecule has 12 heteroatoms. The molecule has 12 nitrogen and oxygen atoms in total. The number of nitriles is 1. The molecule has 0 saturated carbocycles. The van der Waals surface area contributed by atoms with Gasteiger partial charge in [-0.3, -0.25) is 0 Å². The van der Waals surface area contributed by atoms with Crippen LogP contribution in [0, 0.1) is 39.0 Å². The van der Waals surface area contributed by atoms with Crippen LogP contribution in [0.4, 0.5) is 0 Å². The van der Waals surface area contributed by atoms with Crippen molar-refractivity contribution in [2.45, 2.75) is 27.7 Å². The lowest BCUT2D eigenvalue weighted by atomic mass is 9.94. The van der Waals surface area contributed by atoms with Crippen molar-refractivity contribution in [1.29, 1.82) is 5.26 Å². The van der Waals surface area contributed by atoms with Gasteiger partial charge in [0.15, 0.2) is 29.1 Å². The van der Waals surface area contributed by atoms with Crippen LogP contribution in [0.15, 0.2) is 182 Å². The molecule has 13 aromatic rings. The zero-order chi connectivity index (χ0) is 50.0. The molecule has 0 radical (unpaired) electrons. The van der Waals surface area contributed by atoms with Crippen molar-refractivity contribution >= 4 is 43.6 Å². The number of hydrogen-bond donors (Lipinski definition) is 0. The number of aromatic nitrogens is 11. The van der Waals surface area contributed by atoms with E-state index in [-0.39, 0.29) is 0 Å². The van der Waals surface area contributed by atoms with E-state index in [1.807, 2.05) is 100 Å². The molecule has 0 spiro atoms. The molecule has 13 rings (SSSR count). The minimum absolute atomic E-state index is 0.490. The fraction of sp³-hybridized carbons (Fsp3) is 0.0645. The largest absolute Gasteiger partial charge is 0.309 e. The van der Waals surface area contributed by atoms with Gasteiger partial charge in [0.1, 0.15) is 23.3 Å². The fourth-order valence-electron chi connectivity index (χ4n) is 10.3. The van der Waals surface area contributed by atoms with Crippen molar-refractivity contribution in [3.8, 4) is 85.5 Å². The van der Waals surface area contributed by atoms with Crippen molar-refractivity contribution in [3.63, 3.8) is 0 Å². The summed E-state index contributed by atoms with van der Waals surface area (Å²) in [6.45, 7) is 7.55. The van der Waals surface area contributed by atoms with Crippen LogP contribution in [0.3, 0.4) is 0 Å². The van der Waals surface area contributed by atoms with Crippen LogP contribution in [-0.4, -0.2) is 54.0 Å². The van der Waals surface area contributed by atoms with E-state index in [1.165, 1.54) is 0 Å². The molecule has 0 aliphatic rings. The number of fused-ring (bicyclic) bond motifs is 6. The van der Waals surface area contributed by atoms with Crippen molar-refractivity contribution < 1.29 is 0 Å². The second-order valence-corrected chi connectivity index (χ2v) is 18.3. The first-order chi connectivity index (χ1) is 36.3. The molecule has 5 aromatic heterocycles. The summed E-state index contributed by atoms with van der Waals surface area (Å²) < 4.78 is 4.57. The molecule has 0 saturated heterocycles. The van der Waals surface area contributed by atoms with E-state index in [1.54, 1.807) is 0 Å². The number of rotatable bonds is 8. The molecule has 0 aliphatic heterocycles. The van der Waals surface area contributed by atoms with Gasteiger partial charge in [-0.15, -0.1) is 0 Å². The maximum Gasteiger partial charge on any atom is 0.164 e. The lowest BCUT2D eigenvalue weighted by Gasteiger charge is -2.20. The molecule has 0 atom stereocenters. The van der Waals surface area contributed by atoms with Crippen LogP contribution in [-0.2, 0) is 0 Å². The van der Waals surface area contributed by atoms with Crippen molar-refractivity contribution in [3.05, 3.63) is 211 Å². The maximum atomic E-state index is 11.4. The molecule has 0 N–H and O–H groups in total. The standard InChI is InChI=1S/C62H42N12/c1-36-64-37(2)67-60(66-36)42-26-29-53-48(32-42)46-21-11-13-23-51(46)73(53)55-31-28-44(62-71-58(40-16-7-5-8-17-40)70-59(72-62)41-18-9-6-10-19-41)34-50(55)57-45(35-63)20-15-25-56(57)74-52-24-14-12-22-47(52)49-33-43(27-30-54(49)74)61-68-38(3)65-39(4)69-61/h5-34H,1-4H3. The summed E-state index contributed by atoms with van der Waals surface area (Å²) in [5.41, 5.74) is 11.8. The van der Waals surface area contributed by atoms with Gasteiger partial charge >= 0.3 is 0 Å². The highest BCUT2D eigenvalue weighted by Gasteiger charge is 2.25. The van der Waals surface area contributed by atoms with Crippen molar-refractivity contribution in [2.75, 3.05) is 0 Å². The topological polar surface area (TPSA) is 150 Å². The Hall–Kier alpha value is -10.1. The van der Waals surface area contributed by atoms with Crippen LogP contribution < -0.4 is 0 Å². The molecule has 350 valence electrons. The Morgan fingerprint density at radius 2 is 0.730 bits per heavy atom. The third-order valence-corrected chi connectivity index (χ3v) is 13.4. The normalized spacial score (nSPS) is 11.5. The predicted molar refractivity (Wildman–Crippen MR) is 292 cm³/mol. The Kier molecular flexibility index (Phi) is 10.4. The van der Waals surface area contributed by atoms with E-state index in [9.17, 15) is 5.26 Å². The monoisotopic (exact) mass is 954 g/mol. The van der Waals surface area contributed by atoms with Crippen LogP contribution in [0.2, 0.25) is 0 Å². The first-order valence-electron chi connectivity index (χ1n) is 24.3. The van der Waals surface area contributed by atoms with Gasteiger partial charge in [-0.25, -0.2) is 44.9 Å². The maximum absolute atomic E-state index is 11.4. The molecular formula is C62H42N12. The third-order valence-electron chi connectivity index (χ3n) is 13.4. The second kappa shape index (κ2) is 17.6. The number of para-hydroxylation sites is 2. The SMILES string of the molecule is Cc1nc(C)nc(-c2ccc3c(c2)c2ccccc2n3-c2ccc(-c3nc(-c4ccccc4)nc(-c4ccccc4)n3)cc2-c2c(C#N)cccc2-n2c3ccccc3c3cc(-c4nc(C)nc(C)n4)ccc32)n1. The van der Waals surface area contributed by atoms with Gasteiger partial charge in [0.2, 0.25) is 0 Å². The molecule has 0 bridgehead atoms. The Labute approximate surface area is 425 Å². The van der Waals surface area contributed by atoms with Crippen LogP contribution in [0.5, 0.6) is 0 Å². The molecule has 0 fully saturated rings. The van der Waals surface area contributed by atoms with Gasteiger partial charge in [-0.05, 0) is 107 Å². The molecule has 74 heavy (non-hydrogen) atoms. The van der Waals surface area contributed by atoms with Crippen LogP contribution in [0.1, 0.15) is 28.9 Å². The molecule has 5 heterocycles. The fourth-order valence-corrected chi connectivity index (χ4v) is 10.3. The zero-order valence-corrected chi connectivity index (χ0v) is 40.7. The van der Waals surface area contributed by atoms with E-state index in [0.717, 1.165) is 93.9 Å². The summed E-state index contributed by atoms with van der Waals surface area (Å²) in [6.07, 6.45) is 0. The summed E-state index contributed by atoms with van der Waals surface area (Å²) >= 11 is 0. The van der Waals surface area contributed by atoms with Crippen molar-refractivity contribution in [2.24, 2.45) is 0 Å². The summed E-state index contributed by atoms with van der Waals surface area (Å²) in [5, 5.41) is 15.5. The lowest BCUT2D eigenvalue weighted by molar-refractivity contribution is 0.928. The Balaban J connectivity index is 1.11. The van der Waals surface area contributed by atoms with Gasteiger partial charge in [-0.1, -0.05) is 103 Å². The quantitative estimate of drug-likeness (QED) is 0.144. The summed E-state index contributed by atoms with van der Waals surface area (Å²) in [6, 6.07) is 64.4. The number of benzene rings is 8. The summed E-state index contributed by atoms with van der Waals surface area (Å²) in [4.78, 5) is 43.2. The molecule has 0 aliphatic carbocycles. The Morgan fingerprint density at radius 3 is 1.23 bits per heavy atom. The van der Waals surface area contributed by atoms with E-state index in [4.69, 9.17) is 34.9 Å². The molecular weight excluding hydrogens is 913 g/mol. The molecule has 0 amide bonds. The lowest BCUT2D eigenvalue weighted by Crippen LogP contribution is -2.05. The highest BCUT2D eigenvalue weighted by molar-refractivity contribution is 6.13. The van der Waals surface area contributed by atoms with E-state index >= 15 is 0 Å². The van der Waals surface area contributed by atoms with Gasteiger partial charge in [0.25, 0.3) is 0 Å². The van der Waals surface area contributed by atoms with Crippen LogP contribution >= 0.6 is 0 Å². The minimum atomic E-state index is 0.490. The van der Waals surface area contributed by atoms with Gasteiger partial charge in [0.05, 0.1) is 45.1 Å². The Morgan fingerprint density at radius 1 is 0.324 bits per heavy atom.